The zero-order valence-electron chi connectivity index (χ0n) is 20.7. The largest absolute Gasteiger partial charge is 0.322 e. The van der Waals surface area contributed by atoms with Crippen LogP contribution in [0.5, 0.6) is 0 Å². The molecule has 0 aliphatic rings. The highest BCUT2D eigenvalue weighted by atomic mass is 32.1. The fourth-order valence-electron chi connectivity index (χ4n) is 4.32. The second-order valence-corrected chi connectivity index (χ2v) is 10.5. The molecule has 1 atom stereocenters. The number of aryl methyl sites for hydroxylation is 1. The van der Waals surface area contributed by atoms with Crippen LogP contribution in [0.2, 0.25) is 0 Å². The molecule has 3 heterocycles. The topological polar surface area (TPSA) is 79.7 Å². The summed E-state index contributed by atoms with van der Waals surface area (Å²) < 4.78 is 1.96. The van der Waals surface area contributed by atoms with Crippen molar-refractivity contribution in [2.75, 3.05) is 0 Å². The number of hydrogen-bond donors (Lipinski definition) is 1. The van der Waals surface area contributed by atoms with Gasteiger partial charge in [0.2, 0.25) is 0 Å². The fourth-order valence-corrected chi connectivity index (χ4v) is 5.05. The third kappa shape index (κ3) is 4.98. The van der Waals surface area contributed by atoms with Gasteiger partial charge in [-0.1, -0.05) is 32.9 Å². The van der Waals surface area contributed by atoms with Gasteiger partial charge in [0.1, 0.15) is 0 Å². The molecule has 0 unspecified atom stereocenters. The molecule has 0 saturated carbocycles. The van der Waals surface area contributed by atoms with Crippen LogP contribution in [0.15, 0.2) is 46.6 Å². The second kappa shape index (κ2) is 10.2. The lowest BCUT2D eigenvalue weighted by Crippen LogP contribution is -2.35. The monoisotopic (exact) mass is 478 g/mol. The van der Waals surface area contributed by atoms with Crippen LogP contribution in [-0.2, 0) is 25.0 Å². The van der Waals surface area contributed by atoms with E-state index in [-0.39, 0.29) is 17.1 Å². The van der Waals surface area contributed by atoms with Crippen molar-refractivity contribution in [3.63, 3.8) is 0 Å². The summed E-state index contributed by atoms with van der Waals surface area (Å²) in [5.74, 6) is 0.844. The summed E-state index contributed by atoms with van der Waals surface area (Å²) >= 11 is 1.73. The van der Waals surface area contributed by atoms with Crippen LogP contribution in [-0.4, -0.2) is 30.1 Å². The summed E-state index contributed by atoms with van der Waals surface area (Å²) in [4.78, 5) is 19.7. The first-order valence-electron chi connectivity index (χ1n) is 12.1. The van der Waals surface area contributed by atoms with E-state index in [1.807, 2.05) is 16.8 Å². The molecule has 0 spiro atoms. The molecule has 8 heteroatoms. The van der Waals surface area contributed by atoms with E-state index < -0.39 is 0 Å². The Balaban J connectivity index is 1.76. The van der Waals surface area contributed by atoms with Gasteiger partial charge in [0.25, 0.3) is 5.56 Å². The van der Waals surface area contributed by atoms with Crippen molar-refractivity contribution in [3.05, 3.63) is 74.0 Å². The number of nitrogens with one attached hydrogen (secondary N) is 1. The minimum Gasteiger partial charge on any atom is -0.322 e. The van der Waals surface area contributed by atoms with Crippen molar-refractivity contribution in [2.45, 2.75) is 78.6 Å². The van der Waals surface area contributed by atoms with Gasteiger partial charge in [0.15, 0.2) is 5.82 Å². The van der Waals surface area contributed by atoms with Gasteiger partial charge in [-0.2, -0.15) is 0 Å². The van der Waals surface area contributed by atoms with Crippen LogP contribution in [0, 0.1) is 0 Å². The molecule has 0 bridgehead atoms. The number of nitrogens with zero attached hydrogens (tertiary/aromatic N) is 5. The predicted molar refractivity (Wildman–Crippen MR) is 138 cm³/mol. The van der Waals surface area contributed by atoms with Crippen molar-refractivity contribution in [1.82, 2.24) is 30.1 Å². The smallest absolute Gasteiger partial charge is 0.252 e. The van der Waals surface area contributed by atoms with E-state index in [1.54, 1.807) is 11.3 Å². The highest BCUT2D eigenvalue weighted by molar-refractivity contribution is 7.09. The summed E-state index contributed by atoms with van der Waals surface area (Å²) in [7, 11) is 0. The lowest BCUT2D eigenvalue weighted by Gasteiger charge is -2.32. The molecule has 7 nitrogen and oxygen atoms in total. The van der Waals surface area contributed by atoms with Crippen LogP contribution in [0.3, 0.4) is 0 Å². The maximum absolute atomic E-state index is 13.1. The van der Waals surface area contributed by atoms with Crippen molar-refractivity contribution < 1.29 is 0 Å². The third-order valence-electron chi connectivity index (χ3n) is 6.76. The zero-order chi connectivity index (χ0) is 24.3. The number of pyridine rings is 1. The van der Waals surface area contributed by atoms with Crippen LogP contribution in [0.1, 0.15) is 75.3 Å². The number of benzene rings is 1. The summed E-state index contributed by atoms with van der Waals surface area (Å²) in [6.45, 7) is 12.0. The SMILES string of the molecule is CCc1ccc2[nH]c(=O)c(CN(Cc3cccs3)[C@H](CC)c3nnnn3C(C)(C)CC)cc2c1. The second-order valence-electron chi connectivity index (χ2n) is 9.42. The number of aromatic amines is 1. The van der Waals surface area contributed by atoms with Crippen molar-refractivity contribution in [2.24, 2.45) is 0 Å². The lowest BCUT2D eigenvalue weighted by molar-refractivity contribution is 0.152. The quantitative estimate of drug-likeness (QED) is 0.328. The van der Waals surface area contributed by atoms with E-state index in [0.717, 1.165) is 48.1 Å². The number of aromatic nitrogens is 5. The molecule has 0 amide bonds. The minimum atomic E-state index is -0.197. The highest BCUT2D eigenvalue weighted by Gasteiger charge is 2.31. The first-order chi connectivity index (χ1) is 16.4. The molecule has 0 fully saturated rings. The van der Waals surface area contributed by atoms with E-state index in [0.29, 0.717) is 6.54 Å². The first kappa shape index (κ1) is 24.3. The molecule has 4 aromatic rings. The van der Waals surface area contributed by atoms with E-state index >= 15 is 0 Å². The average molecular weight is 479 g/mol. The Morgan fingerprint density at radius 3 is 2.65 bits per heavy atom. The van der Waals surface area contributed by atoms with Gasteiger partial charge < -0.3 is 4.98 Å². The molecule has 0 aliphatic carbocycles. The van der Waals surface area contributed by atoms with Gasteiger partial charge in [-0.05, 0) is 84.1 Å². The van der Waals surface area contributed by atoms with Crippen LogP contribution < -0.4 is 5.56 Å². The first-order valence-corrected chi connectivity index (χ1v) is 12.9. The molecule has 0 radical (unpaired) electrons. The number of fused-ring (bicyclic) bond motifs is 1. The van der Waals surface area contributed by atoms with Gasteiger partial charge in [0, 0.05) is 29.0 Å². The maximum atomic E-state index is 13.1. The Labute approximate surface area is 204 Å². The number of hydrogen-bond acceptors (Lipinski definition) is 6. The fraction of sp³-hybridized carbons (Fsp3) is 0.462. The molecule has 1 N–H and O–H groups in total. The zero-order valence-corrected chi connectivity index (χ0v) is 21.5. The third-order valence-corrected chi connectivity index (χ3v) is 7.63. The van der Waals surface area contributed by atoms with Gasteiger partial charge in [0.05, 0.1) is 11.6 Å². The molecular weight excluding hydrogens is 444 g/mol. The summed E-state index contributed by atoms with van der Waals surface area (Å²) in [6, 6.07) is 12.5. The number of rotatable bonds is 10. The van der Waals surface area contributed by atoms with Crippen molar-refractivity contribution in [1.29, 1.82) is 0 Å². The van der Waals surface area contributed by atoms with Gasteiger partial charge >= 0.3 is 0 Å². The van der Waals surface area contributed by atoms with Gasteiger partial charge in [-0.3, -0.25) is 9.69 Å². The average Bonchev–Trinajstić information content (AvgIpc) is 3.52. The Hall–Kier alpha value is -2.84. The highest BCUT2D eigenvalue weighted by Crippen LogP contribution is 2.30. The van der Waals surface area contributed by atoms with Gasteiger partial charge in [-0.25, -0.2) is 4.68 Å². The molecule has 0 saturated heterocycles. The standard InChI is InChI=1S/C26H34N6OS/c1-6-18-11-12-22-19(14-18)15-20(25(33)27-22)16-31(17-21-10-9-13-34-21)23(7-2)24-28-29-30-32(24)26(4,5)8-3/h9-15,23H,6-8,16-17H2,1-5H3,(H,27,33)/t23-/m1/s1. The Morgan fingerprint density at radius 1 is 1.15 bits per heavy atom. The Kier molecular flexibility index (Phi) is 7.28. The number of tetrazole rings is 1. The Bertz CT molecular complexity index is 1290. The number of thiophene rings is 1. The molecule has 3 aromatic heterocycles. The Morgan fingerprint density at radius 2 is 1.97 bits per heavy atom. The normalized spacial score (nSPS) is 13.1. The van der Waals surface area contributed by atoms with E-state index in [9.17, 15) is 4.79 Å². The summed E-state index contributed by atoms with van der Waals surface area (Å²) in [6.07, 6.45) is 2.70. The van der Waals surface area contributed by atoms with Crippen LogP contribution in [0.25, 0.3) is 10.9 Å². The molecular formula is C26H34N6OS. The van der Waals surface area contributed by atoms with Crippen molar-refractivity contribution in [3.8, 4) is 0 Å². The number of H-pyrrole nitrogens is 1. The molecule has 0 aliphatic heterocycles. The molecule has 1 aromatic carbocycles. The predicted octanol–water partition coefficient (Wildman–Crippen LogP) is 5.44. The van der Waals surface area contributed by atoms with Crippen LogP contribution >= 0.6 is 11.3 Å². The molecule has 34 heavy (non-hydrogen) atoms. The molecule has 180 valence electrons. The lowest BCUT2D eigenvalue weighted by atomic mass is 10.0. The van der Waals surface area contributed by atoms with Crippen LogP contribution in [0.4, 0.5) is 0 Å². The summed E-state index contributed by atoms with van der Waals surface area (Å²) in [5.41, 5.74) is 2.64. The van der Waals surface area contributed by atoms with E-state index in [1.165, 1.54) is 10.4 Å². The van der Waals surface area contributed by atoms with E-state index in [2.05, 4.69) is 89.7 Å². The maximum Gasteiger partial charge on any atom is 0.252 e. The summed E-state index contributed by atoms with van der Waals surface area (Å²) in [5, 5.41) is 16.0. The van der Waals surface area contributed by atoms with E-state index in [4.69, 9.17) is 0 Å². The van der Waals surface area contributed by atoms with Gasteiger partial charge in [-0.15, -0.1) is 16.4 Å². The molecule has 4 rings (SSSR count). The minimum absolute atomic E-state index is 0.0278. The van der Waals surface area contributed by atoms with Crippen molar-refractivity contribution >= 4 is 22.2 Å².